The molecule has 1 aliphatic heterocycles. The van der Waals surface area contributed by atoms with Crippen molar-refractivity contribution in [2.75, 3.05) is 11.4 Å². The zero-order chi connectivity index (χ0) is 13.4. The van der Waals surface area contributed by atoms with E-state index in [0.717, 1.165) is 5.56 Å². The van der Waals surface area contributed by atoms with E-state index in [4.69, 9.17) is 16.1 Å². The van der Waals surface area contributed by atoms with E-state index in [1.54, 1.807) is 23.1 Å². The van der Waals surface area contributed by atoms with Crippen LogP contribution < -0.4 is 4.90 Å². The molecule has 4 nitrogen and oxygen atoms in total. The minimum Gasteiger partial charge on any atom is -0.338 e. The van der Waals surface area contributed by atoms with Crippen molar-refractivity contribution in [3.8, 4) is 11.3 Å². The summed E-state index contributed by atoms with van der Waals surface area (Å²) < 4.78 is 5.25. The van der Waals surface area contributed by atoms with Gasteiger partial charge in [0.2, 0.25) is 11.8 Å². The third kappa shape index (κ3) is 2.53. The molecule has 1 amide bonds. The van der Waals surface area contributed by atoms with Crippen molar-refractivity contribution >= 4 is 39.3 Å². The normalized spacial score (nSPS) is 19.2. The van der Waals surface area contributed by atoms with Gasteiger partial charge in [-0.05, 0) is 12.1 Å². The number of benzene rings is 1. The fourth-order valence-corrected chi connectivity index (χ4v) is 2.72. The average Bonchev–Trinajstić information content (AvgIpc) is 2.97. The lowest BCUT2D eigenvalue weighted by atomic mass is 10.1. The summed E-state index contributed by atoms with van der Waals surface area (Å²) in [6.45, 7) is 0.605. The third-order valence-electron chi connectivity index (χ3n) is 2.98. The van der Waals surface area contributed by atoms with Crippen LogP contribution in [0.25, 0.3) is 11.3 Å². The van der Waals surface area contributed by atoms with Crippen LogP contribution in [0.1, 0.15) is 6.42 Å². The number of carbonyl (C=O) groups is 1. The topological polar surface area (TPSA) is 46.3 Å². The van der Waals surface area contributed by atoms with Gasteiger partial charge < -0.3 is 4.52 Å². The van der Waals surface area contributed by atoms with Crippen LogP contribution in [0.3, 0.4) is 0 Å². The Morgan fingerprint density at radius 2 is 2.11 bits per heavy atom. The van der Waals surface area contributed by atoms with Crippen molar-refractivity contribution in [3.05, 3.63) is 35.4 Å². The summed E-state index contributed by atoms with van der Waals surface area (Å²) in [5.41, 5.74) is 1.60. The Balaban J connectivity index is 1.87. The largest absolute Gasteiger partial charge is 0.338 e. The zero-order valence-electron chi connectivity index (χ0n) is 9.85. The first kappa shape index (κ1) is 12.7. The number of alkyl halides is 1. The van der Waals surface area contributed by atoms with Crippen LogP contribution in [0.15, 0.2) is 34.9 Å². The van der Waals surface area contributed by atoms with E-state index in [9.17, 15) is 4.79 Å². The lowest BCUT2D eigenvalue weighted by Crippen LogP contribution is -2.23. The number of hydrogen-bond donors (Lipinski definition) is 0. The van der Waals surface area contributed by atoms with Gasteiger partial charge in [-0.2, -0.15) is 0 Å². The standard InChI is InChI=1S/C13H10BrClN2O2/c14-9-5-12(18)17(7-9)13-6-11(16-19-13)8-1-3-10(15)4-2-8/h1-4,6,9H,5,7H2. The first-order chi connectivity index (χ1) is 9.13. The molecule has 1 aliphatic rings. The molecule has 6 heteroatoms. The van der Waals surface area contributed by atoms with Crippen LogP contribution in [0.4, 0.5) is 5.88 Å². The van der Waals surface area contributed by atoms with Crippen molar-refractivity contribution in [2.45, 2.75) is 11.2 Å². The van der Waals surface area contributed by atoms with E-state index >= 15 is 0 Å². The van der Waals surface area contributed by atoms with Gasteiger partial charge in [-0.25, -0.2) is 0 Å². The number of hydrogen-bond acceptors (Lipinski definition) is 3. The third-order valence-corrected chi connectivity index (χ3v) is 3.85. The van der Waals surface area contributed by atoms with E-state index in [0.29, 0.717) is 29.6 Å². The van der Waals surface area contributed by atoms with Gasteiger partial charge in [0.25, 0.3) is 0 Å². The Labute approximate surface area is 123 Å². The van der Waals surface area contributed by atoms with Crippen molar-refractivity contribution < 1.29 is 9.32 Å². The van der Waals surface area contributed by atoms with Gasteiger partial charge in [0, 0.05) is 34.4 Å². The van der Waals surface area contributed by atoms with Gasteiger partial charge >= 0.3 is 0 Å². The second-order valence-electron chi connectivity index (χ2n) is 4.36. The number of carbonyl (C=O) groups excluding carboxylic acids is 1. The molecule has 0 spiro atoms. The van der Waals surface area contributed by atoms with Gasteiger partial charge in [-0.1, -0.05) is 44.8 Å². The maximum Gasteiger partial charge on any atom is 0.234 e. The molecule has 2 heterocycles. The fraction of sp³-hybridized carbons (Fsp3) is 0.231. The molecule has 1 unspecified atom stereocenters. The molecule has 1 aromatic heterocycles. The Morgan fingerprint density at radius 1 is 1.37 bits per heavy atom. The first-order valence-electron chi connectivity index (χ1n) is 5.80. The predicted molar refractivity (Wildman–Crippen MR) is 76.6 cm³/mol. The molecule has 1 aromatic carbocycles. The van der Waals surface area contributed by atoms with Gasteiger partial charge in [0.05, 0.1) is 0 Å². The summed E-state index contributed by atoms with van der Waals surface area (Å²) in [5, 5.41) is 4.66. The fourth-order valence-electron chi connectivity index (χ4n) is 2.03. The molecule has 2 aromatic rings. The molecule has 1 atom stereocenters. The van der Waals surface area contributed by atoms with Crippen LogP contribution in [0.2, 0.25) is 5.02 Å². The molecular formula is C13H10BrClN2O2. The summed E-state index contributed by atoms with van der Waals surface area (Å²) in [6, 6.07) is 9.08. The van der Waals surface area contributed by atoms with Crippen LogP contribution in [0.5, 0.6) is 0 Å². The highest BCUT2D eigenvalue weighted by Gasteiger charge is 2.31. The Hall–Kier alpha value is -1.33. The van der Waals surface area contributed by atoms with Crippen LogP contribution in [-0.4, -0.2) is 22.4 Å². The quantitative estimate of drug-likeness (QED) is 0.786. The molecule has 0 aliphatic carbocycles. The second-order valence-corrected chi connectivity index (χ2v) is 6.09. The summed E-state index contributed by atoms with van der Waals surface area (Å²) in [7, 11) is 0. The van der Waals surface area contributed by atoms with Crippen molar-refractivity contribution in [1.29, 1.82) is 0 Å². The summed E-state index contributed by atoms with van der Waals surface area (Å²) in [5.74, 6) is 0.526. The summed E-state index contributed by atoms with van der Waals surface area (Å²) >= 11 is 9.28. The molecule has 0 N–H and O–H groups in total. The average molecular weight is 342 g/mol. The Morgan fingerprint density at radius 3 is 2.74 bits per heavy atom. The van der Waals surface area contributed by atoms with E-state index in [2.05, 4.69) is 21.1 Å². The van der Waals surface area contributed by atoms with E-state index in [1.165, 1.54) is 0 Å². The SMILES string of the molecule is O=C1CC(Br)CN1c1cc(-c2ccc(Cl)cc2)no1. The highest BCUT2D eigenvalue weighted by molar-refractivity contribution is 9.09. The molecule has 0 saturated carbocycles. The highest BCUT2D eigenvalue weighted by Crippen LogP contribution is 2.29. The lowest BCUT2D eigenvalue weighted by Gasteiger charge is -2.09. The van der Waals surface area contributed by atoms with Crippen molar-refractivity contribution in [2.24, 2.45) is 0 Å². The van der Waals surface area contributed by atoms with E-state index in [1.807, 2.05) is 12.1 Å². The number of aromatic nitrogens is 1. The van der Waals surface area contributed by atoms with Gasteiger partial charge in [0.1, 0.15) is 5.69 Å². The smallest absolute Gasteiger partial charge is 0.234 e. The monoisotopic (exact) mass is 340 g/mol. The predicted octanol–water partition coefficient (Wildman–Crippen LogP) is 3.50. The molecule has 1 fully saturated rings. The minimum absolute atomic E-state index is 0.0423. The Kier molecular flexibility index (Phi) is 3.33. The van der Waals surface area contributed by atoms with Crippen LogP contribution in [-0.2, 0) is 4.79 Å². The summed E-state index contributed by atoms with van der Waals surface area (Å²) in [4.78, 5) is 13.5. The minimum atomic E-state index is 0.0423. The molecule has 19 heavy (non-hydrogen) atoms. The number of anilines is 1. The van der Waals surface area contributed by atoms with E-state index < -0.39 is 0 Å². The molecule has 0 radical (unpaired) electrons. The molecule has 0 bridgehead atoms. The number of amides is 1. The second kappa shape index (κ2) is 4.98. The van der Waals surface area contributed by atoms with Gasteiger partial charge in [-0.3, -0.25) is 9.69 Å². The number of rotatable bonds is 2. The van der Waals surface area contributed by atoms with Gasteiger partial charge in [-0.15, -0.1) is 0 Å². The van der Waals surface area contributed by atoms with E-state index in [-0.39, 0.29) is 10.7 Å². The van der Waals surface area contributed by atoms with Crippen LogP contribution in [0, 0.1) is 0 Å². The molecule has 98 valence electrons. The Bertz CT molecular complexity index is 611. The zero-order valence-corrected chi connectivity index (χ0v) is 12.2. The number of nitrogens with zero attached hydrogens (tertiary/aromatic N) is 2. The molecule has 3 rings (SSSR count). The maximum absolute atomic E-state index is 11.8. The summed E-state index contributed by atoms with van der Waals surface area (Å²) in [6.07, 6.45) is 0.483. The van der Waals surface area contributed by atoms with Crippen molar-refractivity contribution in [1.82, 2.24) is 5.16 Å². The lowest BCUT2D eigenvalue weighted by molar-refractivity contribution is -0.117. The van der Waals surface area contributed by atoms with Crippen LogP contribution >= 0.6 is 27.5 Å². The van der Waals surface area contributed by atoms with Crippen molar-refractivity contribution in [3.63, 3.8) is 0 Å². The number of halogens is 2. The maximum atomic E-state index is 11.8. The molecular weight excluding hydrogens is 332 g/mol. The van der Waals surface area contributed by atoms with Gasteiger partial charge in [0.15, 0.2) is 0 Å². The molecule has 1 saturated heterocycles. The first-order valence-corrected chi connectivity index (χ1v) is 7.10. The highest BCUT2D eigenvalue weighted by atomic mass is 79.9.